The maximum absolute atomic E-state index is 12.5. The van der Waals surface area contributed by atoms with Gasteiger partial charge in [0.15, 0.2) is 23.0 Å². The normalized spacial score (nSPS) is 10.7. The van der Waals surface area contributed by atoms with Crippen molar-refractivity contribution >= 4 is 143 Å². The third-order valence-corrected chi connectivity index (χ3v) is 19.7. The van der Waals surface area contributed by atoms with E-state index in [4.69, 9.17) is 66.3 Å². The van der Waals surface area contributed by atoms with Crippen LogP contribution in [0.4, 0.5) is 17.1 Å². The van der Waals surface area contributed by atoms with Crippen LogP contribution in [0.25, 0.3) is 44.2 Å². The lowest BCUT2D eigenvalue weighted by molar-refractivity contribution is -0.121. The summed E-state index contributed by atoms with van der Waals surface area (Å²) >= 11 is 0. The zero-order chi connectivity index (χ0) is 97.9. The third kappa shape index (κ3) is 26.7. The van der Waals surface area contributed by atoms with E-state index in [9.17, 15) is 89.9 Å². The number of sulfone groups is 1. The minimum Gasteiger partial charge on any atom is -0.507 e. The number of benzene rings is 13. The number of nitrogens with two attached hydrogens (primary N) is 1. The SMILES string of the molecule is Nc1cc(C(=O)O)ccc1OC=O.O=COc1cc(O)c(C(=O)O)cc1O.O=COc1ccc(-c2ccc(C(=O)O)cc2)cc1.O=COc1ccc(C(=O)O)c2ccccc12.O=COc1ccc(C(=O)O)cc1.O=COc1ccc(N=Nc2ccc(C(=O)O)cc2)cc1.O=COc1ccc2c(c1)C(=O)c1cc(C(=O)O)ccc1-2.O=COc1ccc2c(c1)S(=O)(=O)c1cc(C(=O)O)ccc1-2. The average molecular weight is 1850 g/mol. The molecule has 0 atom stereocenters. The Kier molecular flexibility index (Phi) is 35.4. The van der Waals surface area contributed by atoms with Gasteiger partial charge >= 0.3 is 47.8 Å². The first-order valence-electron chi connectivity index (χ1n) is 37.1. The monoisotopic (exact) mass is 1850 g/mol. The van der Waals surface area contributed by atoms with Crippen LogP contribution in [-0.4, -0.2) is 165 Å². The molecule has 0 bridgehead atoms. The standard InChI is InChI=1S/C15H8O5.C14H10N2O4.C14H8O6S.C14H10O4.C12H8O4.C8H7NO4.C8H6O6.C8H6O4/c16-7-20-9-2-4-11-10-3-1-8(15(18)19)5-12(10)14(17)13(11)6-9;17-9-20-13-7-5-12(6-8-13)16-15-11-3-1-10(2-4-11)14(18)19;15-7-20-9-2-4-11-10-3-1-8(14(16)17)5-12(10)21(18,19)13(11)6-9;15-9-18-13-7-5-11(6-8-13)10-1-3-12(4-2-10)14(16)17;13-7-16-11-6-5-10(12(14)15)8-3-1-2-4-9(8)11;9-6-3-5(8(11)12)1-2-7(6)13-4-10;9-3-14-7-2-5(10)4(8(12)13)1-6(7)11;9-5-12-7-3-1-6(2-4-7)8(10)11/h1-7H,(H,18,19);1-9H,(H,18,19);1-7H,(H,16,17);1-9H,(H,16,17);1-7H,(H,14,15);1-4H,9H2,(H,11,12);1-3,10-11H,(H,12,13);1-5H,(H,10,11). The maximum atomic E-state index is 12.5. The number of carboxylic acids is 8. The van der Waals surface area contributed by atoms with E-state index in [-0.39, 0.29) is 116 Å². The number of carbonyl (C=O) groups excluding carboxylic acids is 9. The molecule has 1 aliphatic heterocycles. The van der Waals surface area contributed by atoms with Crippen molar-refractivity contribution in [2.75, 3.05) is 5.73 Å². The average Bonchev–Trinajstić information content (AvgIpc) is 1.56. The van der Waals surface area contributed by atoms with E-state index in [1.807, 2.05) is 0 Å². The van der Waals surface area contributed by atoms with Crippen molar-refractivity contribution in [3.8, 4) is 90.9 Å². The van der Waals surface area contributed by atoms with Crippen molar-refractivity contribution in [1.29, 1.82) is 0 Å². The number of rotatable bonds is 27. The quantitative estimate of drug-likeness (QED) is 0.00985. The Hall–Kier alpha value is -19.7. The number of ketones is 1. The fraction of sp³-hybridized carbons (Fsp3) is 0. The number of aromatic carboxylic acids is 8. The number of ether oxygens (including phenoxy) is 8. The van der Waals surface area contributed by atoms with Gasteiger partial charge in [0, 0.05) is 45.8 Å². The summed E-state index contributed by atoms with van der Waals surface area (Å²) in [7, 11) is -3.82. The molecule has 0 saturated carbocycles. The summed E-state index contributed by atoms with van der Waals surface area (Å²) < 4.78 is 61.6. The summed E-state index contributed by atoms with van der Waals surface area (Å²) in [6, 6.07) is 64.2. The van der Waals surface area contributed by atoms with Crippen LogP contribution < -0.4 is 43.6 Å². The predicted octanol–water partition coefficient (Wildman–Crippen LogP) is 13.6. The molecule has 0 spiro atoms. The summed E-state index contributed by atoms with van der Waals surface area (Å²) in [5.41, 5.74) is 11.9. The molecule has 40 nitrogen and oxygen atoms in total. The molecule has 0 radical (unpaired) electrons. The minimum absolute atomic E-state index is 0.000566. The molecule has 134 heavy (non-hydrogen) atoms. The molecule has 1 aliphatic carbocycles. The molecule has 13 aromatic rings. The van der Waals surface area contributed by atoms with Crippen LogP contribution in [0.2, 0.25) is 0 Å². The van der Waals surface area contributed by atoms with E-state index in [1.54, 1.807) is 127 Å². The van der Waals surface area contributed by atoms with Crippen LogP contribution in [0.1, 0.15) is 98.8 Å². The smallest absolute Gasteiger partial charge is 0.339 e. The second-order valence-electron chi connectivity index (χ2n) is 25.9. The molecule has 13 aromatic carbocycles. The zero-order valence-electron chi connectivity index (χ0n) is 67.8. The van der Waals surface area contributed by atoms with E-state index < -0.39 is 74.7 Å². The number of phenols is 2. The number of fused-ring (bicyclic) bond motifs is 7. The summed E-state index contributed by atoms with van der Waals surface area (Å²) in [6.45, 7) is 2.10. The molecule has 1 heterocycles. The van der Waals surface area contributed by atoms with Gasteiger partial charge in [-0.3, -0.25) is 43.2 Å². The number of carboxylic acid groups (broad SMARTS) is 8. The molecule has 2 aliphatic rings. The van der Waals surface area contributed by atoms with Crippen LogP contribution in [0.5, 0.6) is 57.5 Å². The second kappa shape index (κ2) is 47.5. The Morgan fingerprint density at radius 3 is 1.07 bits per heavy atom. The molecular formula is C93H63N3O37S. The summed E-state index contributed by atoms with van der Waals surface area (Å²) in [5, 5.41) is 97.4. The summed E-state index contributed by atoms with van der Waals surface area (Å²) in [4.78, 5) is 179. The van der Waals surface area contributed by atoms with E-state index in [0.717, 1.165) is 29.3 Å². The van der Waals surface area contributed by atoms with Gasteiger partial charge in [-0.05, 0) is 210 Å². The lowest BCUT2D eigenvalue weighted by Gasteiger charge is -2.06. The largest absolute Gasteiger partial charge is 0.507 e. The van der Waals surface area contributed by atoms with E-state index in [1.165, 1.54) is 115 Å². The maximum Gasteiger partial charge on any atom is 0.339 e. The minimum atomic E-state index is -3.82. The Morgan fingerprint density at radius 1 is 0.276 bits per heavy atom. The fourth-order valence-corrected chi connectivity index (χ4v) is 13.4. The first-order chi connectivity index (χ1) is 64.1. The van der Waals surface area contributed by atoms with Gasteiger partial charge in [0.2, 0.25) is 9.84 Å². The highest BCUT2D eigenvalue weighted by Gasteiger charge is 2.35. The number of nitrogens with zero attached hydrogens (tertiary/aromatic N) is 2. The molecule has 0 aromatic heterocycles. The first kappa shape index (κ1) is 99.7. The molecule has 678 valence electrons. The molecule has 12 N–H and O–H groups in total. The molecule has 0 fully saturated rings. The Labute approximate surface area is 751 Å². The number of carbonyl (C=O) groups is 17. The molecule has 41 heteroatoms. The molecule has 15 rings (SSSR count). The highest BCUT2D eigenvalue weighted by Crippen LogP contribution is 2.45. The molecule has 0 unspecified atom stereocenters. The third-order valence-electron chi connectivity index (χ3n) is 17.9. The van der Waals surface area contributed by atoms with Gasteiger partial charge in [-0.1, -0.05) is 60.7 Å². The van der Waals surface area contributed by atoms with Crippen molar-refractivity contribution in [2.24, 2.45) is 10.2 Å². The van der Waals surface area contributed by atoms with Crippen LogP contribution in [0.15, 0.2) is 281 Å². The number of phenolic OH excluding ortho intramolecular Hbond substituents is 1. The van der Waals surface area contributed by atoms with Crippen molar-refractivity contribution in [2.45, 2.75) is 9.79 Å². The number of azo groups is 1. The van der Waals surface area contributed by atoms with Crippen LogP contribution in [-0.2, 0) is 48.2 Å². The highest BCUT2D eigenvalue weighted by atomic mass is 32.2. The lowest BCUT2D eigenvalue weighted by Crippen LogP contribution is -2.01. The number of hydrogen-bond donors (Lipinski definition) is 11. The number of nitrogen functional groups attached to an aromatic ring is 1. The predicted molar refractivity (Wildman–Crippen MR) is 462 cm³/mol. The van der Waals surface area contributed by atoms with Gasteiger partial charge in [-0.2, -0.15) is 10.2 Å². The molecule has 0 saturated heterocycles. The topological polar surface area (TPSA) is 651 Å². The summed E-state index contributed by atoms with van der Waals surface area (Å²) in [5.74, 6) is -8.29. The van der Waals surface area contributed by atoms with Crippen molar-refractivity contribution in [1.82, 2.24) is 0 Å². The van der Waals surface area contributed by atoms with E-state index in [0.29, 0.717) is 97.9 Å². The fourth-order valence-electron chi connectivity index (χ4n) is 11.7. The van der Waals surface area contributed by atoms with Crippen molar-refractivity contribution in [3.05, 3.63) is 316 Å². The number of aromatic hydroxyl groups is 2. The van der Waals surface area contributed by atoms with Gasteiger partial charge in [0.05, 0.1) is 65.8 Å². The number of hydrogen-bond acceptors (Lipinski definition) is 32. The molecular weight excluding hydrogens is 1780 g/mol. The Bertz CT molecular complexity index is 6820. The van der Waals surface area contributed by atoms with Crippen LogP contribution in [0.3, 0.4) is 0 Å². The summed E-state index contributed by atoms with van der Waals surface area (Å²) in [6.07, 6.45) is 0. The van der Waals surface area contributed by atoms with Gasteiger partial charge < -0.3 is 94.7 Å². The van der Waals surface area contributed by atoms with E-state index in [2.05, 4.69) is 38.6 Å². The zero-order valence-corrected chi connectivity index (χ0v) is 68.6. The van der Waals surface area contributed by atoms with E-state index >= 15 is 0 Å². The molecule has 0 amide bonds. The van der Waals surface area contributed by atoms with Gasteiger partial charge in [0.25, 0.3) is 51.8 Å². The Morgan fingerprint density at radius 2 is 0.604 bits per heavy atom. The van der Waals surface area contributed by atoms with Gasteiger partial charge in [0.1, 0.15) is 45.8 Å². The van der Waals surface area contributed by atoms with Gasteiger partial charge in [-0.15, -0.1) is 0 Å². The van der Waals surface area contributed by atoms with Crippen molar-refractivity contribution in [3.63, 3.8) is 0 Å². The van der Waals surface area contributed by atoms with Crippen LogP contribution >= 0.6 is 0 Å². The lowest BCUT2D eigenvalue weighted by atomic mass is 10.0. The van der Waals surface area contributed by atoms with Gasteiger partial charge in [-0.25, -0.2) is 46.8 Å². The second-order valence-corrected chi connectivity index (χ2v) is 27.8. The van der Waals surface area contributed by atoms with Crippen molar-refractivity contribution < 1.29 is 179 Å². The van der Waals surface area contributed by atoms with Crippen LogP contribution in [0, 0.1) is 0 Å². The Balaban J connectivity index is 0.000000190. The highest BCUT2D eigenvalue weighted by molar-refractivity contribution is 7.92. The first-order valence-corrected chi connectivity index (χ1v) is 38.6. The number of anilines is 1.